The smallest absolute Gasteiger partial charge is 0.242 e. The normalized spacial score (nSPS) is 14.1. The minimum atomic E-state index is -1.61. The Morgan fingerprint density at radius 2 is 1.38 bits per heavy atom. The average molecular weight is 465 g/mol. The third kappa shape index (κ3) is 6.43. The molecule has 0 radical (unpaired) electrons. The summed E-state index contributed by atoms with van der Waals surface area (Å²) in [5.41, 5.74) is 2.87. The first-order valence-corrected chi connectivity index (χ1v) is 24.8. The molecule has 164 valence electrons. The molecule has 0 fully saturated rings. The van der Waals surface area contributed by atoms with E-state index in [1.54, 1.807) is 0 Å². The van der Waals surface area contributed by atoms with Crippen LogP contribution in [0.3, 0.4) is 0 Å². The van der Waals surface area contributed by atoms with E-state index < -0.39 is 33.0 Å². The summed E-state index contributed by atoms with van der Waals surface area (Å²) in [6.45, 7) is 30.2. The van der Waals surface area contributed by atoms with Crippen molar-refractivity contribution in [3.05, 3.63) is 30.0 Å². The Hall–Kier alpha value is -0.612. The number of fused-ring (bicyclic) bond motifs is 1. The topological polar surface area (TPSA) is 17.4 Å². The van der Waals surface area contributed by atoms with Gasteiger partial charge < -0.3 is 12.9 Å². The number of nitrogens with zero attached hydrogens (tertiary/aromatic N) is 2. The van der Waals surface area contributed by atoms with E-state index in [4.69, 9.17) is 4.43 Å². The van der Waals surface area contributed by atoms with Gasteiger partial charge in [-0.25, -0.2) is 0 Å². The van der Waals surface area contributed by atoms with E-state index in [0.29, 0.717) is 0 Å². The fourth-order valence-corrected chi connectivity index (χ4v) is 16.3. The maximum Gasteiger partial charge on any atom is 0.242 e. The molecule has 0 unspecified atom stereocenters. The molecule has 7 heteroatoms. The molecule has 0 bridgehead atoms. The summed E-state index contributed by atoms with van der Waals surface area (Å²) in [7, 11) is -5.77. The van der Waals surface area contributed by atoms with Gasteiger partial charge in [0, 0.05) is 10.9 Å². The first kappa shape index (κ1) is 24.7. The molecule has 1 aromatic carbocycles. The second-order valence-corrected chi connectivity index (χ2v) is 31.8. The van der Waals surface area contributed by atoms with Crippen molar-refractivity contribution in [2.24, 2.45) is 0 Å². The lowest BCUT2D eigenvalue weighted by Crippen LogP contribution is -2.59. The van der Waals surface area contributed by atoms with Crippen LogP contribution in [-0.2, 0) is 6.42 Å². The lowest BCUT2D eigenvalue weighted by molar-refractivity contribution is 0.558. The van der Waals surface area contributed by atoms with Gasteiger partial charge in [-0.15, -0.1) is 0 Å². The van der Waals surface area contributed by atoms with E-state index in [2.05, 4.69) is 111 Å². The lowest BCUT2D eigenvalue weighted by Gasteiger charge is -2.43. The van der Waals surface area contributed by atoms with Crippen LogP contribution in [0, 0.1) is 0 Å². The zero-order valence-electron chi connectivity index (χ0n) is 21.0. The molecule has 1 heterocycles. The second-order valence-electron chi connectivity index (χ2n) is 12.3. The number of aromatic nitrogens is 1. The maximum atomic E-state index is 6.34. The summed E-state index contributed by atoms with van der Waals surface area (Å²) in [5.74, 6) is 1.04. The van der Waals surface area contributed by atoms with Crippen molar-refractivity contribution in [1.82, 2.24) is 8.46 Å². The zero-order valence-corrected chi connectivity index (χ0v) is 25.0. The summed E-state index contributed by atoms with van der Waals surface area (Å²) >= 11 is 0. The van der Waals surface area contributed by atoms with Gasteiger partial charge in [-0.05, 0) is 62.6 Å². The molecule has 0 amide bonds. The van der Waals surface area contributed by atoms with Crippen LogP contribution in [-0.4, -0.2) is 48.0 Å². The van der Waals surface area contributed by atoms with Crippen molar-refractivity contribution in [2.45, 2.75) is 85.0 Å². The standard InChI is InChI=1S/C22H44N2OSi4/c1-26(2,3)23-18-19(15-16-24(27(4,5)6)28(7,8)9)21-17-20(13-14-22(21)23)25-29(10,11)12/h13-14,17-18H,15-16H2,1-12H3. The quantitative estimate of drug-likeness (QED) is 0.389. The lowest BCUT2D eigenvalue weighted by atomic mass is 10.1. The fourth-order valence-electron chi connectivity index (χ4n) is 4.36. The van der Waals surface area contributed by atoms with Crippen molar-refractivity contribution < 1.29 is 4.43 Å². The monoisotopic (exact) mass is 464 g/mol. The van der Waals surface area contributed by atoms with Crippen LogP contribution in [0.5, 0.6) is 5.75 Å². The molecule has 3 nitrogen and oxygen atoms in total. The number of hydrogen-bond acceptors (Lipinski definition) is 2. The van der Waals surface area contributed by atoms with Crippen LogP contribution in [0.25, 0.3) is 10.9 Å². The van der Waals surface area contributed by atoms with Crippen molar-refractivity contribution in [3.63, 3.8) is 0 Å². The van der Waals surface area contributed by atoms with Gasteiger partial charge in [0.15, 0.2) is 8.24 Å². The SMILES string of the molecule is C[Si](C)(C)Oc1ccc2c(c1)c(CCN([Si](C)(C)C)[Si](C)(C)C)cn2[Si](C)(C)C. The second kappa shape index (κ2) is 8.14. The molecule has 0 N–H and O–H groups in total. The Labute approximate surface area is 183 Å². The van der Waals surface area contributed by atoms with E-state index in [-0.39, 0.29) is 0 Å². The predicted molar refractivity (Wildman–Crippen MR) is 142 cm³/mol. The minimum Gasteiger partial charge on any atom is -0.544 e. The Balaban J connectivity index is 2.49. The molecule has 2 aromatic rings. The Morgan fingerprint density at radius 1 is 0.828 bits per heavy atom. The first-order valence-electron chi connectivity index (χ1n) is 11.0. The fraction of sp³-hybridized carbons (Fsp3) is 0.636. The van der Waals surface area contributed by atoms with Crippen molar-refractivity contribution >= 4 is 43.9 Å². The third-order valence-corrected chi connectivity index (χ3v) is 15.6. The highest BCUT2D eigenvalue weighted by molar-refractivity contribution is 6.89. The molecular weight excluding hydrogens is 421 g/mol. The summed E-state index contributed by atoms with van der Waals surface area (Å²) in [4.78, 5) is 0. The van der Waals surface area contributed by atoms with Crippen molar-refractivity contribution in [2.75, 3.05) is 6.54 Å². The molecule has 1 aromatic heterocycles. The molecule has 29 heavy (non-hydrogen) atoms. The highest BCUT2D eigenvalue weighted by Gasteiger charge is 2.34. The molecule has 0 aliphatic rings. The van der Waals surface area contributed by atoms with Gasteiger partial charge in [0.1, 0.15) is 22.2 Å². The van der Waals surface area contributed by atoms with Gasteiger partial charge in [-0.3, -0.25) is 0 Å². The van der Waals surface area contributed by atoms with Crippen molar-refractivity contribution in [1.29, 1.82) is 0 Å². The van der Waals surface area contributed by atoms with E-state index in [0.717, 1.165) is 12.2 Å². The summed E-state index contributed by atoms with van der Waals surface area (Å²) in [5, 5.41) is 1.40. The van der Waals surface area contributed by atoms with Crippen LogP contribution >= 0.6 is 0 Å². The number of rotatable bonds is 8. The summed E-state index contributed by atoms with van der Waals surface area (Å²) < 4.78 is 11.8. The van der Waals surface area contributed by atoms with Crippen LogP contribution in [0.15, 0.2) is 24.4 Å². The van der Waals surface area contributed by atoms with Gasteiger partial charge in [-0.1, -0.05) is 58.9 Å². The minimum absolute atomic E-state index is 1.04. The highest BCUT2D eigenvalue weighted by atomic mass is 28.4. The van der Waals surface area contributed by atoms with Gasteiger partial charge in [-0.2, -0.15) is 0 Å². The molecule has 0 spiro atoms. The van der Waals surface area contributed by atoms with Crippen molar-refractivity contribution in [3.8, 4) is 5.75 Å². The molecule has 2 rings (SSSR count). The molecule has 0 atom stereocenters. The van der Waals surface area contributed by atoms with Crippen LogP contribution in [0.4, 0.5) is 0 Å². The largest absolute Gasteiger partial charge is 0.544 e. The third-order valence-electron chi connectivity index (χ3n) is 5.23. The Kier molecular flexibility index (Phi) is 6.92. The molecule has 0 aliphatic carbocycles. The average Bonchev–Trinajstić information content (AvgIpc) is 2.81. The summed E-state index contributed by atoms with van der Waals surface area (Å²) in [6.07, 6.45) is 3.58. The van der Waals surface area contributed by atoms with E-state index in [9.17, 15) is 0 Å². The Bertz CT molecular complexity index is 835. The van der Waals surface area contributed by atoms with Gasteiger partial charge in [0.05, 0.1) is 0 Å². The predicted octanol–water partition coefficient (Wildman–Crippen LogP) is 7.05. The van der Waals surface area contributed by atoms with Crippen LogP contribution < -0.4 is 4.43 Å². The first-order chi connectivity index (χ1) is 12.9. The number of benzene rings is 1. The summed E-state index contributed by atoms with van der Waals surface area (Å²) in [6, 6.07) is 6.78. The van der Waals surface area contributed by atoms with Crippen LogP contribution in [0.2, 0.25) is 78.6 Å². The molecule has 0 saturated carbocycles. The Morgan fingerprint density at radius 3 is 1.83 bits per heavy atom. The van der Waals surface area contributed by atoms with Gasteiger partial charge in [0.25, 0.3) is 0 Å². The maximum absolute atomic E-state index is 6.34. The molecule has 0 saturated heterocycles. The van der Waals surface area contributed by atoms with Gasteiger partial charge >= 0.3 is 0 Å². The molecular formula is C22H44N2OSi4. The van der Waals surface area contributed by atoms with E-state index in [1.165, 1.54) is 23.0 Å². The molecule has 0 aliphatic heterocycles. The van der Waals surface area contributed by atoms with Gasteiger partial charge in [0.2, 0.25) is 8.32 Å². The highest BCUT2D eigenvalue weighted by Crippen LogP contribution is 2.31. The van der Waals surface area contributed by atoms with E-state index >= 15 is 0 Å². The number of hydrogen-bond donors (Lipinski definition) is 0. The van der Waals surface area contributed by atoms with Crippen LogP contribution in [0.1, 0.15) is 5.56 Å². The zero-order chi connectivity index (χ0) is 22.4. The van der Waals surface area contributed by atoms with E-state index in [1.807, 2.05) is 0 Å².